The molecule has 0 saturated carbocycles. The summed E-state index contributed by atoms with van der Waals surface area (Å²) in [6.45, 7) is 3.98. The lowest BCUT2D eigenvalue weighted by Gasteiger charge is -2.19. The molecule has 4 rings (SSSR count). The van der Waals surface area contributed by atoms with E-state index in [1.165, 1.54) is 24.3 Å². The van der Waals surface area contributed by atoms with Crippen LogP contribution in [0.2, 0.25) is 0 Å². The van der Waals surface area contributed by atoms with Crippen molar-refractivity contribution in [1.29, 1.82) is 0 Å². The largest absolute Gasteiger partial charge is 0.351 e. The highest BCUT2D eigenvalue weighted by Gasteiger charge is 2.31. The molecule has 0 heterocycles. The first-order chi connectivity index (χ1) is 15.7. The molecule has 0 radical (unpaired) electrons. The van der Waals surface area contributed by atoms with Crippen LogP contribution in [0.25, 0.3) is 0 Å². The van der Waals surface area contributed by atoms with Gasteiger partial charge in [0, 0.05) is 16.8 Å². The van der Waals surface area contributed by atoms with Gasteiger partial charge in [0.2, 0.25) is 11.6 Å². The van der Waals surface area contributed by atoms with Crippen LogP contribution < -0.4 is 10.0 Å². The number of carbonyl (C=O) groups is 2. The molecule has 1 aliphatic rings. The molecule has 0 unspecified atom stereocenters. The number of ketones is 2. The lowest BCUT2D eigenvalue weighted by Crippen LogP contribution is -2.24. The van der Waals surface area contributed by atoms with Crippen LogP contribution in [-0.4, -0.2) is 20.0 Å². The van der Waals surface area contributed by atoms with Crippen molar-refractivity contribution in [3.8, 4) is 0 Å². The molecular weight excluding hydrogens is 460 g/mol. The number of fused-ring (bicyclic) bond motifs is 1. The predicted molar refractivity (Wildman–Crippen MR) is 129 cm³/mol. The SMILES string of the molecule is CC(C)c1ccccc1NS(=O)(=O)c1ccc(NC2=C(Cl)C(=O)c3ccccc3C2=O)cc1. The van der Waals surface area contributed by atoms with Crippen LogP contribution in [0.3, 0.4) is 0 Å². The van der Waals surface area contributed by atoms with Gasteiger partial charge in [0.25, 0.3) is 10.0 Å². The molecule has 0 aliphatic heterocycles. The van der Waals surface area contributed by atoms with Crippen LogP contribution in [0.5, 0.6) is 0 Å². The van der Waals surface area contributed by atoms with Crippen molar-refractivity contribution in [2.75, 3.05) is 10.0 Å². The zero-order chi connectivity index (χ0) is 23.8. The maximum atomic E-state index is 12.9. The molecule has 8 heteroatoms. The molecule has 3 aromatic carbocycles. The first-order valence-corrected chi connectivity index (χ1v) is 12.1. The standard InChI is InChI=1S/C25H21ClN2O4S/c1-15(2)18-7-5-6-10-21(18)28-33(31,32)17-13-11-16(12-14-17)27-23-22(26)24(29)19-8-3-4-9-20(19)25(23)30/h3-15,27-28H,1-2H3. The van der Waals surface area contributed by atoms with Crippen molar-refractivity contribution in [3.05, 3.63) is 100 Å². The Hall–Kier alpha value is -3.42. The maximum absolute atomic E-state index is 12.9. The van der Waals surface area contributed by atoms with Crippen LogP contribution in [0.1, 0.15) is 46.0 Å². The smallest absolute Gasteiger partial charge is 0.261 e. The van der Waals surface area contributed by atoms with E-state index in [0.717, 1.165) is 5.56 Å². The lowest BCUT2D eigenvalue weighted by atomic mass is 9.92. The van der Waals surface area contributed by atoms with Gasteiger partial charge in [0.15, 0.2) is 0 Å². The quantitative estimate of drug-likeness (QED) is 0.482. The zero-order valence-electron chi connectivity index (χ0n) is 17.9. The highest BCUT2D eigenvalue weighted by molar-refractivity contribution is 7.92. The van der Waals surface area contributed by atoms with Crippen molar-refractivity contribution in [2.24, 2.45) is 0 Å². The number of allylic oxidation sites excluding steroid dienone is 2. The van der Waals surface area contributed by atoms with E-state index in [4.69, 9.17) is 11.6 Å². The molecule has 2 N–H and O–H groups in total. The number of halogens is 1. The Morgan fingerprint density at radius 3 is 2.00 bits per heavy atom. The van der Waals surface area contributed by atoms with E-state index in [9.17, 15) is 18.0 Å². The molecule has 33 heavy (non-hydrogen) atoms. The number of benzene rings is 3. The van der Waals surface area contributed by atoms with E-state index in [-0.39, 0.29) is 32.7 Å². The fourth-order valence-corrected chi connectivity index (χ4v) is 4.94. The Labute approximate surface area is 197 Å². The summed E-state index contributed by atoms with van der Waals surface area (Å²) in [5, 5.41) is 2.66. The second-order valence-electron chi connectivity index (χ2n) is 7.89. The minimum absolute atomic E-state index is 0.0417. The molecule has 3 aromatic rings. The van der Waals surface area contributed by atoms with Crippen LogP contribution in [0.4, 0.5) is 11.4 Å². The third-order valence-electron chi connectivity index (χ3n) is 5.32. The van der Waals surface area contributed by atoms with Crippen molar-refractivity contribution in [2.45, 2.75) is 24.7 Å². The van der Waals surface area contributed by atoms with Gasteiger partial charge in [-0.05, 0) is 41.8 Å². The third kappa shape index (κ3) is 4.42. The Morgan fingerprint density at radius 1 is 0.788 bits per heavy atom. The second kappa shape index (κ2) is 8.84. The molecule has 0 fully saturated rings. The third-order valence-corrected chi connectivity index (χ3v) is 7.07. The van der Waals surface area contributed by atoms with Gasteiger partial charge < -0.3 is 5.32 Å². The van der Waals surface area contributed by atoms with Gasteiger partial charge in [-0.3, -0.25) is 14.3 Å². The molecule has 0 amide bonds. The molecule has 168 valence electrons. The summed E-state index contributed by atoms with van der Waals surface area (Å²) in [5.41, 5.74) is 2.32. The molecule has 1 aliphatic carbocycles. The van der Waals surface area contributed by atoms with Crippen molar-refractivity contribution in [3.63, 3.8) is 0 Å². The monoisotopic (exact) mass is 480 g/mol. The number of hydrogen-bond donors (Lipinski definition) is 2. The topological polar surface area (TPSA) is 92.3 Å². The van der Waals surface area contributed by atoms with Crippen molar-refractivity contribution >= 4 is 44.6 Å². The maximum Gasteiger partial charge on any atom is 0.261 e. The first-order valence-electron chi connectivity index (χ1n) is 10.3. The fourth-order valence-electron chi connectivity index (χ4n) is 3.62. The van der Waals surface area contributed by atoms with Crippen molar-refractivity contribution in [1.82, 2.24) is 0 Å². The second-order valence-corrected chi connectivity index (χ2v) is 9.95. The summed E-state index contributed by atoms with van der Waals surface area (Å²) in [5.74, 6) is -0.699. The van der Waals surface area contributed by atoms with E-state index in [2.05, 4.69) is 10.0 Å². The summed E-state index contributed by atoms with van der Waals surface area (Å²) in [4.78, 5) is 25.4. The Morgan fingerprint density at radius 2 is 1.36 bits per heavy atom. The molecule has 0 aromatic heterocycles. The number of Topliss-reactive ketones (excluding diaryl/α,β-unsaturated/α-hetero) is 2. The summed E-state index contributed by atoms with van der Waals surface area (Å²) in [6.07, 6.45) is 0. The van der Waals surface area contributed by atoms with Gasteiger partial charge in [-0.2, -0.15) is 0 Å². The summed E-state index contributed by atoms with van der Waals surface area (Å²) < 4.78 is 28.4. The van der Waals surface area contributed by atoms with Crippen LogP contribution in [-0.2, 0) is 10.0 Å². The summed E-state index contributed by atoms with van der Waals surface area (Å²) >= 11 is 6.18. The molecule has 0 bridgehead atoms. The van der Waals surface area contributed by atoms with Crippen LogP contribution in [0.15, 0.2) is 88.4 Å². The lowest BCUT2D eigenvalue weighted by molar-refractivity contribution is 0.0982. The molecular formula is C25H21ClN2O4S. The van der Waals surface area contributed by atoms with Gasteiger partial charge in [-0.1, -0.05) is 67.9 Å². The molecule has 0 saturated heterocycles. The van der Waals surface area contributed by atoms with E-state index in [0.29, 0.717) is 11.4 Å². The van der Waals surface area contributed by atoms with E-state index < -0.39 is 21.6 Å². The Bertz CT molecular complexity index is 1390. The molecule has 6 nitrogen and oxygen atoms in total. The summed E-state index contributed by atoms with van der Waals surface area (Å²) in [6, 6.07) is 19.6. The number of nitrogens with one attached hydrogen (secondary N) is 2. The number of anilines is 2. The van der Waals surface area contributed by atoms with Gasteiger partial charge in [0.1, 0.15) is 10.7 Å². The zero-order valence-corrected chi connectivity index (χ0v) is 19.5. The average Bonchev–Trinajstić information content (AvgIpc) is 2.80. The minimum Gasteiger partial charge on any atom is -0.351 e. The van der Waals surface area contributed by atoms with Gasteiger partial charge >= 0.3 is 0 Å². The minimum atomic E-state index is -3.83. The number of para-hydroxylation sites is 1. The van der Waals surface area contributed by atoms with Crippen LogP contribution in [0, 0.1) is 0 Å². The average molecular weight is 481 g/mol. The van der Waals surface area contributed by atoms with E-state index in [1.54, 1.807) is 36.4 Å². The molecule has 0 atom stereocenters. The Kier molecular flexibility index (Phi) is 6.10. The Balaban J connectivity index is 1.58. The summed E-state index contributed by atoms with van der Waals surface area (Å²) in [7, 11) is -3.83. The first kappa shape index (κ1) is 22.8. The predicted octanol–water partition coefficient (Wildman–Crippen LogP) is 5.55. The highest BCUT2D eigenvalue weighted by Crippen LogP contribution is 2.30. The van der Waals surface area contributed by atoms with Crippen molar-refractivity contribution < 1.29 is 18.0 Å². The normalized spacial score (nSPS) is 13.8. The highest BCUT2D eigenvalue weighted by atomic mass is 35.5. The number of rotatable bonds is 6. The van der Waals surface area contributed by atoms with Gasteiger partial charge in [0.05, 0.1) is 10.6 Å². The van der Waals surface area contributed by atoms with Crippen LogP contribution >= 0.6 is 11.6 Å². The molecule has 0 spiro atoms. The van der Waals surface area contributed by atoms with Gasteiger partial charge in [-0.15, -0.1) is 0 Å². The van der Waals surface area contributed by atoms with E-state index in [1.807, 2.05) is 26.0 Å². The fraction of sp³-hybridized carbons (Fsp3) is 0.120. The number of carbonyl (C=O) groups excluding carboxylic acids is 2. The number of sulfonamides is 1. The van der Waals surface area contributed by atoms with Gasteiger partial charge in [-0.25, -0.2) is 8.42 Å². The van der Waals surface area contributed by atoms with E-state index >= 15 is 0 Å². The number of hydrogen-bond acceptors (Lipinski definition) is 5.